The summed E-state index contributed by atoms with van der Waals surface area (Å²) in [5, 5.41) is 12.3. The molecule has 1 fully saturated rings. The maximum atomic E-state index is 13.3. The average molecular weight is 441 g/mol. The van der Waals surface area contributed by atoms with Crippen molar-refractivity contribution < 1.29 is 28.7 Å². The Hall–Kier alpha value is -3.10. The molecule has 0 saturated carbocycles. The van der Waals surface area contributed by atoms with Crippen molar-refractivity contribution in [3.8, 4) is 17.2 Å². The second kappa shape index (κ2) is 7.79. The number of hydrogen-bond acceptors (Lipinski definition) is 6. The number of benzene rings is 2. The third-order valence-electron chi connectivity index (χ3n) is 6.05. The smallest absolute Gasteiger partial charge is 0.327 e. The van der Waals surface area contributed by atoms with Gasteiger partial charge in [-0.05, 0) is 24.1 Å². The van der Waals surface area contributed by atoms with Crippen LogP contribution >= 0.6 is 0 Å². The van der Waals surface area contributed by atoms with Gasteiger partial charge in [-0.15, -0.1) is 0 Å². The lowest BCUT2D eigenvalue weighted by atomic mass is 9.89. The highest BCUT2D eigenvalue weighted by molar-refractivity contribution is 6.00. The number of hydrazine groups is 1. The molecule has 4 rings (SSSR count). The molecule has 1 saturated heterocycles. The summed E-state index contributed by atoms with van der Waals surface area (Å²) < 4.78 is 11.8. The number of amides is 2. The summed E-state index contributed by atoms with van der Waals surface area (Å²) in [6.07, 6.45) is -0.698. The minimum Gasteiger partial charge on any atom is -0.504 e. The molecule has 2 amide bonds. The zero-order chi connectivity index (χ0) is 23.4. The van der Waals surface area contributed by atoms with E-state index >= 15 is 0 Å². The molecule has 0 spiro atoms. The monoisotopic (exact) mass is 440 g/mol. The molecule has 32 heavy (non-hydrogen) atoms. The average Bonchev–Trinajstić information content (AvgIpc) is 3.08. The van der Waals surface area contributed by atoms with Crippen LogP contribution in [0.3, 0.4) is 0 Å². The van der Waals surface area contributed by atoms with Crippen LogP contribution in [0.15, 0.2) is 36.4 Å². The Bertz CT molecular complexity index is 1080. The minimum absolute atomic E-state index is 0.0284. The Balaban J connectivity index is 1.87. The highest BCUT2D eigenvalue weighted by Gasteiger charge is 2.56. The molecular weight excluding hydrogens is 410 g/mol. The van der Waals surface area contributed by atoms with Crippen LogP contribution in [0, 0.1) is 5.92 Å². The normalized spacial score (nSPS) is 22.7. The van der Waals surface area contributed by atoms with Gasteiger partial charge in [0.2, 0.25) is 0 Å². The third-order valence-corrected chi connectivity index (χ3v) is 6.05. The van der Waals surface area contributed by atoms with Gasteiger partial charge in [-0.2, -0.15) is 5.01 Å². The van der Waals surface area contributed by atoms with Crippen LogP contribution in [0.4, 0.5) is 0 Å². The van der Waals surface area contributed by atoms with Gasteiger partial charge in [-0.3, -0.25) is 14.7 Å². The Kier molecular flexibility index (Phi) is 5.38. The fraction of sp³-hybridized carbons (Fsp3) is 0.417. The minimum atomic E-state index is -0.883. The molecule has 2 heterocycles. The Morgan fingerprint density at radius 1 is 1.22 bits per heavy atom. The lowest BCUT2D eigenvalue weighted by Gasteiger charge is -2.39. The van der Waals surface area contributed by atoms with Crippen molar-refractivity contribution in [1.82, 2.24) is 10.4 Å². The van der Waals surface area contributed by atoms with Crippen LogP contribution in [-0.4, -0.2) is 54.7 Å². The van der Waals surface area contributed by atoms with Crippen molar-refractivity contribution in [2.75, 3.05) is 28.3 Å². The van der Waals surface area contributed by atoms with Gasteiger partial charge in [0.1, 0.15) is 5.75 Å². The van der Waals surface area contributed by atoms with Crippen LogP contribution in [0.25, 0.3) is 0 Å². The van der Waals surface area contributed by atoms with Crippen LogP contribution in [0.1, 0.15) is 48.7 Å². The second-order valence-corrected chi connectivity index (χ2v) is 9.48. The summed E-state index contributed by atoms with van der Waals surface area (Å²) in [5.74, 6) is -0.350. The van der Waals surface area contributed by atoms with Crippen molar-refractivity contribution >= 4 is 11.8 Å². The van der Waals surface area contributed by atoms with Crippen molar-refractivity contribution in [3.05, 3.63) is 53.1 Å². The first-order valence-electron chi connectivity index (χ1n) is 10.7. The van der Waals surface area contributed by atoms with Crippen LogP contribution < -0.4 is 14.9 Å². The predicted molar refractivity (Wildman–Crippen MR) is 118 cm³/mol. The molecule has 0 bridgehead atoms. The van der Waals surface area contributed by atoms with Crippen molar-refractivity contribution in [2.24, 2.45) is 5.92 Å². The maximum absolute atomic E-state index is 13.3. The van der Waals surface area contributed by atoms with Gasteiger partial charge >= 0.3 is 5.91 Å². The molecule has 2 aliphatic heterocycles. The maximum Gasteiger partial charge on any atom is 0.327 e. The zero-order valence-electron chi connectivity index (χ0n) is 19.2. The number of para-hydroxylation sites is 1. The van der Waals surface area contributed by atoms with Crippen LogP contribution in [0.5, 0.6) is 17.2 Å². The fourth-order valence-electron chi connectivity index (χ4n) is 4.40. The molecule has 2 N–H and O–H groups in total. The molecule has 0 radical (unpaired) electrons. The largest absolute Gasteiger partial charge is 0.504 e. The predicted octanol–water partition coefficient (Wildman–Crippen LogP) is 2.85. The highest BCUT2D eigenvalue weighted by atomic mass is 16.5. The van der Waals surface area contributed by atoms with Gasteiger partial charge in [-0.25, -0.2) is 4.79 Å². The number of quaternary nitrogens is 1. The van der Waals surface area contributed by atoms with Gasteiger partial charge < -0.3 is 14.6 Å². The zero-order valence-corrected chi connectivity index (χ0v) is 19.2. The molecule has 0 aromatic heterocycles. The molecule has 3 atom stereocenters. The number of ether oxygens (including phenoxy) is 2. The van der Waals surface area contributed by atoms with E-state index in [1.165, 1.54) is 7.11 Å². The van der Waals surface area contributed by atoms with E-state index in [-0.39, 0.29) is 28.0 Å². The van der Waals surface area contributed by atoms with E-state index < -0.39 is 18.2 Å². The Morgan fingerprint density at radius 3 is 2.53 bits per heavy atom. The molecular formula is C24H30N3O5+. The van der Waals surface area contributed by atoms with Crippen molar-refractivity contribution in [1.29, 1.82) is 0 Å². The van der Waals surface area contributed by atoms with Crippen molar-refractivity contribution in [2.45, 2.75) is 32.0 Å². The molecule has 170 valence electrons. The number of fused-ring (bicyclic) bond motifs is 3. The summed E-state index contributed by atoms with van der Waals surface area (Å²) in [4.78, 5) is 26.3. The van der Waals surface area contributed by atoms with E-state index in [1.54, 1.807) is 32.2 Å². The van der Waals surface area contributed by atoms with E-state index in [0.717, 1.165) is 5.56 Å². The number of nitrogens with one attached hydrogen (secondary N) is 1. The SMILES string of the molecule is COc1cc(C2Oc3ccccc3C3C(C(=O)[N+](C)(C)C)C(=O)NN23)cc(C(C)C)c1O. The number of aromatic hydroxyl groups is 1. The molecule has 2 aliphatic rings. The summed E-state index contributed by atoms with van der Waals surface area (Å²) >= 11 is 0. The summed E-state index contributed by atoms with van der Waals surface area (Å²) in [6, 6.07) is 10.5. The second-order valence-electron chi connectivity index (χ2n) is 9.48. The first kappa shape index (κ1) is 22.1. The van der Waals surface area contributed by atoms with Gasteiger partial charge in [0.05, 0.1) is 34.3 Å². The molecule has 0 aliphatic carbocycles. The van der Waals surface area contributed by atoms with E-state index in [1.807, 2.05) is 44.2 Å². The lowest BCUT2D eigenvalue weighted by Crippen LogP contribution is -2.49. The number of rotatable bonds is 4. The molecule has 2 aromatic rings. The first-order valence-corrected chi connectivity index (χ1v) is 10.7. The number of carbonyl (C=O) groups excluding carboxylic acids is 2. The molecule has 8 heteroatoms. The lowest BCUT2D eigenvalue weighted by molar-refractivity contribution is -0.793. The molecule has 8 nitrogen and oxygen atoms in total. The van der Waals surface area contributed by atoms with Gasteiger partial charge in [-0.1, -0.05) is 32.0 Å². The highest BCUT2D eigenvalue weighted by Crippen LogP contribution is 2.49. The van der Waals surface area contributed by atoms with Crippen molar-refractivity contribution in [3.63, 3.8) is 0 Å². The third kappa shape index (κ3) is 3.49. The Morgan fingerprint density at radius 2 is 1.91 bits per heavy atom. The standard InChI is InChI=1S/C24H29N3O5/c1-13(2)16-11-14(12-18(31-6)21(16)28)23-26-20(15-9-7-8-10-17(15)32-23)19(22(29)25-26)24(30)27(3,4)5/h7-13,19-20,23H,1-6H3,(H-,25,28,29)/p+1. The topological polar surface area (TPSA) is 88.1 Å². The van der Waals surface area contributed by atoms with Crippen LogP contribution in [-0.2, 0) is 9.59 Å². The summed E-state index contributed by atoms with van der Waals surface area (Å²) in [7, 11) is 6.79. The van der Waals surface area contributed by atoms with E-state index in [2.05, 4.69) is 5.43 Å². The molecule has 2 aromatic carbocycles. The first-order chi connectivity index (χ1) is 15.0. The van der Waals surface area contributed by atoms with E-state index in [9.17, 15) is 14.7 Å². The van der Waals surface area contributed by atoms with Gasteiger partial charge in [0.15, 0.2) is 23.6 Å². The fourth-order valence-corrected chi connectivity index (χ4v) is 4.40. The number of hydrogen-bond donors (Lipinski definition) is 2. The number of phenolic OH excluding ortho intramolecular Hbond substituents is 1. The summed E-state index contributed by atoms with van der Waals surface area (Å²) in [5.41, 5.74) is 5.09. The number of methoxy groups -OCH3 is 1. The summed E-state index contributed by atoms with van der Waals surface area (Å²) in [6.45, 7) is 3.96. The van der Waals surface area contributed by atoms with Gasteiger partial charge in [0, 0.05) is 16.7 Å². The van der Waals surface area contributed by atoms with E-state index in [4.69, 9.17) is 9.47 Å². The van der Waals surface area contributed by atoms with Gasteiger partial charge in [0.25, 0.3) is 5.91 Å². The van der Waals surface area contributed by atoms with Crippen LogP contribution in [0.2, 0.25) is 0 Å². The number of phenols is 1. The number of carbonyl (C=O) groups is 2. The quantitative estimate of drug-likeness (QED) is 0.562. The number of nitrogens with zero attached hydrogens (tertiary/aromatic N) is 2. The Labute approximate surface area is 187 Å². The molecule has 3 unspecified atom stereocenters. The van der Waals surface area contributed by atoms with E-state index in [0.29, 0.717) is 22.6 Å².